The zero-order chi connectivity index (χ0) is 32.5. The molecule has 0 amide bonds. The molecule has 0 fully saturated rings. The summed E-state index contributed by atoms with van der Waals surface area (Å²) in [6.07, 6.45) is 6.90. The fourth-order valence-corrected chi connectivity index (χ4v) is 11.2. The molecular weight excluding hydrogens is 665 g/mol. The largest absolute Gasteiger partial charge is 0.134 e. The normalized spacial score (nSPS) is 12.6. The van der Waals surface area contributed by atoms with Gasteiger partial charge in [0.1, 0.15) is 0 Å². The minimum absolute atomic E-state index is 0.0157. The number of rotatable bonds is 19. The summed E-state index contributed by atoms with van der Waals surface area (Å²) in [5, 5.41) is 0.335. The Morgan fingerprint density at radius 1 is 0.489 bits per heavy atom. The lowest BCUT2D eigenvalue weighted by Crippen LogP contribution is -2.00. The molecule has 0 heterocycles. The molecule has 5 rings (SSSR count). The Bertz CT molecular complexity index is 1580. The van der Waals surface area contributed by atoms with Gasteiger partial charge >= 0.3 is 0 Å². The molecule has 0 aliphatic carbocycles. The number of benzene rings is 5. The van der Waals surface area contributed by atoms with Crippen molar-refractivity contribution >= 4 is 59.7 Å². The van der Waals surface area contributed by atoms with E-state index in [9.17, 15) is 0 Å². The Hall–Kier alpha value is -2.15. The summed E-state index contributed by atoms with van der Waals surface area (Å²) in [7, 11) is 0. The molecule has 2 atom stereocenters. The van der Waals surface area contributed by atoms with Crippen LogP contribution in [0.1, 0.15) is 63.8 Å². The summed E-state index contributed by atoms with van der Waals surface area (Å²) < 4.78 is -0.0157. The topological polar surface area (TPSA) is 0 Å². The Kier molecular flexibility index (Phi) is 15.7. The fourth-order valence-electron chi connectivity index (χ4n) is 5.47. The van der Waals surface area contributed by atoms with Crippen LogP contribution in [0.25, 0.3) is 0 Å². The molecule has 0 spiro atoms. The average Bonchev–Trinajstić information content (AvgIpc) is 3.12. The number of hydrogen-bond donors (Lipinski definition) is 0. The molecule has 5 aromatic carbocycles. The zero-order valence-electron chi connectivity index (χ0n) is 27.3. The predicted molar refractivity (Wildman–Crippen MR) is 216 cm³/mol. The molecule has 5 aromatic rings. The highest BCUT2D eigenvalue weighted by molar-refractivity contribution is 8.10. The molecule has 1 radical (unpaired) electrons. The minimum atomic E-state index is -0.0157. The monoisotopic (exact) mass is 709 g/mol. The molecule has 0 aliphatic heterocycles. The first-order chi connectivity index (χ1) is 23.2. The van der Waals surface area contributed by atoms with Gasteiger partial charge in [0.15, 0.2) is 0 Å². The minimum Gasteiger partial charge on any atom is -0.134 e. The highest BCUT2D eigenvalue weighted by Crippen LogP contribution is 2.50. The van der Waals surface area contributed by atoms with E-state index >= 15 is 0 Å². The lowest BCUT2D eigenvalue weighted by Gasteiger charge is -2.23. The molecule has 5 heteroatoms. The van der Waals surface area contributed by atoms with Crippen LogP contribution in [-0.2, 0) is 19.3 Å². The van der Waals surface area contributed by atoms with Gasteiger partial charge in [-0.05, 0) is 90.8 Å². The highest BCUT2D eigenvalue weighted by Gasteiger charge is 2.22. The van der Waals surface area contributed by atoms with Crippen LogP contribution >= 0.6 is 59.7 Å². The van der Waals surface area contributed by atoms with Crippen LogP contribution < -0.4 is 0 Å². The first-order valence-corrected chi connectivity index (χ1v) is 21.1. The van der Waals surface area contributed by atoms with Gasteiger partial charge in [-0.2, -0.15) is 0 Å². The molecule has 0 saturated heterocycles. The van der Waals surface area contributed by atoms with Gasteiger partial charge in [-0.25, -0.2) is 0 Å². The maximum Gasteiger partial charge on any atom is 0.0872 e. The van der Waals surface area contributed by atoms with Gasteiger partial charge in [-0.3, -0.25) is 0 Å². The maximum atomic E-state index is 6.32. The van der Waals surface area contributed by atoms with Crippen molar-refractivity contribution in [2.24, 2.45) is 0 Å². The van der Waals surface area contributed by atoms with E-state index in [4.69, 9.17) is 12.6 Å². The quantitative estimate of drug-likeness (QED) is 0.0618. The highest BCUT2D eigenvalue weighted by atomic mass is 32.2. The molecule has 0 aliphatic rings. The van der Waals surface area contributed by atoms with Gasteiger partial charge in [0.05, 0.1) is 4.58 Å². The molecule has 0 aromatic heterocycles. The molecule has 0 nitrogen and oxygen atoms in total. The van der Waals surface area contributed by atoms with E-state index < -0.39 is 0 Å². The van der Waals surface area contributed by atoms with E-state index in [-0.39, 0.29) is 4.58 Å². The molecule has 0 bridgehead atoms. The molecule has 2 unspecified atom stereocenters. The first-order valence-electron chi connectivity index (χ1n) is 16.7. The Labute approximate surface area is 306 Å². The first kappa shape index (κ1) is 36.1. The molecule has 0 saturated carbocycles. The fraction of sp³-hybridized carbons (Fsp3) is 0.286. The summed E-state index contributed by atoms with van der Waals surface area (Å²) in [5.74, 6) is 3.28. The van der Waals surface area contributed by atoms with E-state index in [1.807, 2.05) is 47.0 Å². The van der Waals surface area contributed by atoms with Gasteiger partial charge in [-0.1, -0.05) is 140 Å². The Morgan fingerprint density at radius 3 is 1.62 bits per heavy atom. The van der Waals surface area contributed by atoms with E-state index in [0.717, 1.165) is 42.9 Å². The standard InChI is InChI=1S/C42H45S5/c1-33(37-25-12-5-13-26-37)47-42(43)38-27-28-39(44-30-15-14-23-34-17-6-2-7-18-34)41(45-31-16-24-35-19-8-3-9-20-35)40(38)46-32-29-36-21-10-4-11-22-36/h2-13,17-22,25-28,33,42H,14-16,23-24,29-32H2,1H3. The Morgan fingerprint density at radius 2 is 1.00 bits per heavy atom. The van der Waals surface area contributed by atoms with Gasteiger partial charge in [0, 0.05) is 25.7 Å². The maximum absolute atomic E-state index is 6.32. The zero-order valence-corrected chi connectivity index (χ0v) is 31.3. The second kappa shape index (κ2) is 20.4. The number of unbranched alkanes of at least 4 members (excludes halogenated alkanes) is 1. The van der Waals surface area contributed by atoms with Crippen LogP contribution in [0, 0.1) is 0 Å². The molecular formula is C42H45S5. The number of thioether (sulfide) groups is 4. The second-order valence-electron chi connectivity index (χ2n) is 11.6. The van der Waals surface area contributed by atoms with E-state index in [1.165, 1.54) is 55.3 Å². The van der Waals surface area contributed by atoms with E-state index in [0.29, 0.717) is 5.25 Å². The SMILES string of the molecule is CC(SC([S])c1ccc(SCCCCc2ccccc2)c(SCCCc2ccccc2)c1SCCc1ccccc1)c1ccccc1. The number of aryl methyl sites for hydroxylation is 3. The van der Waals surface area contributed by atoms with E-state index in [2.05, 4.69) is 140 Å². The van der Waals surface area contributed by atoms with Gasteiger partial charge in [-0.15, -0.1) is 47.0 Å². The second-order valence-corrected chi connectivity index (χ2v) is 17.2. The average molecular weight is 710 g/mol. The molecule has 47 heavy (non-hydrogen) atoms. The van der Waals surface area contributed by atoms with Crippen LogP contribution in [0.4, 0.5) is 0 Å². The van der Waals surface area contributed by atoms with Crippen LogP contribution in [0.3, 0.4) is 0 Å². The van der Waals surface area contributed by atoms with E-state index in [1.54, 1.807) is 0 Å². The summed E-state index contributed by atoms with van der Waals surface area (Å²) in [4.78, 5) is 4.28. The third kappa shape index (κ3) is 12.0. The van der Waals surface area contributed by atoms with Crippen LogP contribution in [0.15, 0.2) is 148 Å². The summed E-state index contributed by atoms with van der Waals surface area (Å²) in [5.41, 5.74) is 6.90. The van der Waals surface area contributed by atoms with Crippen LogP contribution in [0.2, 0.25) is 0 Å². The van der Waals surface area contributed by atoms with Crippen LogP contribution in [-0.4, -0.2) is 17.3 Å². The molecule has 243 valence electrons. The molecule has 0 N–H and O–H groups in total. The van der Waals surface area contributed by atoms with Crippen molar-refractivity contribution in [2.45, 2.75) is 70.0 Å². The third-order valence-corrected chi connectivity index (χ3v) is 13.6. The predicted octanol–water partition coefficient (Wildman–Crippen LogP) is 13.6. The van der Waals surface area contributed by atoms with Crippen molar-refractivity contribution < 1.29 is 0 Å². The smallest absolute Gasteiger partial charge is 0.0872 e. The lowest BCUT2D eigenvalue weighted by atomic mass is 10.1. The van der Waals surface area contributed by atoms with Crippen molar-refractivity contribution in [1.82, 2.24) is 0 Å². The van der Waals surface area contributed by atoms with Crippen LogP contribution in [0.5, 0.6) is 0 Å². The van der Waals surface area contributed by atoms with Crippen molar-refractivity contribution in [1.29, 1.82) is 0 Å². The summed E-state index contributed by atoms with van der Waals surface area (Å²) >= 11 is 14.3. The summed E-state index contributed by atoms with van der Waals surface area (Å²) in [6.45, 7) is 2.29. The van der Waals surface area contributed by atoms with Gasteiger partial charge in [0.2, 0.25) is 0 Å². The Balaban J connectivity index is 1.35. The van der Waals surface area contributed by atoms with Crippen molar-refractivity contribution in [2.75, 3.05) is 17.3 Å². The van der Waals surface area contributed by atoms with Crippen molar-refractivity contribution in [3.05, 3.63) is 161 Å². The summed E-state index contributed by atoms with van der Waals surface area (Å²) in [6, 6.07) is 48.2. The third-order valence-electron chi connectivity index (χ3n) is 8.10. The number of hydrogen-bond acceptors (Lipinski definition) is 4. The van der Waals surface area contributed by atoms with Gasteiger partial charge < -0.3 is 0 Å². The van der Waals surface area contributed by atoms with Crippen molar-refractivity contribution in [3.8, 4) is 0 Å². The van der Waals surface area contributed by atoms with Crippen molar-refractivity contribution in [3.63, 3.8) is 0 Å². The lowest BCUT2D eigenvalue weighted by molar-refractivity contribution is 0.802. The van der Waals surface area contributed by atoms with Gasteiger partial charge in [0.25, 0.3) is 0 Å².